The molecule has 0 bridgehead atoms. The van der Waals surface area contributed by atoms with Gasteiger partial charge in [-0.2, -0.15) is 0 Å². The summed E-state index contributed by atoms with van der Waals surface area (Å²) < 4.78 is 0. The fourth-order valence-electron chi connectivity index (χ4n) is 0. The molecule has 0 rings (SSSR count). The van der Waals surface area contributed by atoms with Crippen LogP contribution in [0.5, 0.6) is 0 Å². The monoisotopic (exact) mass is 72.0 g/mol. The first-order valence-electron chi connectivity index (χ1n) is 1.40. The van der Waals surface area contributed by atoms with Crippen molar-refractivity contribution in [1.29, 1.82) is 0 Å². The lowest BCUT2D eigenvalue weighted by atomic mass is 9.79. The molecular weight excluding hydrogens is 65.7 g/mol. The van der Waals surface area contributed by atoms with Gasteiger partial charge in [-0.25, -0.2) is 11.6 Å². The smallest absolute Gasteiger partial charge is 0.151 e. The van der Waals surface area contributed by atoms with Gasteiger partial charge in [0.05, 0.1) is 7.74 Å². The molecule has 0 aliphatic carbocycles. The summed E-state index contributed by atoms with van der Waals surface area (Å²) in [6.07, 6.45) is 3.33. The molecule has 0 nitrogen and oxygen atoms in total. The molecule has 0 aromatic carbocycles. The molecule has 0 fully saturated rings. The molecule has 0 unspecified atom stereocenters. The summed E-state index contributed by atoms with van der Waals surface area (Å²) in [4.78, 5) is 0. The van der Waals surface area contributed by atoms with Gasteiger partial charge >= 0.3 is 0 Å². The molecule has 0 atom stereocenters. The largest absolute Gasteiger partial charge is 0.228 e. The van der Waals surface area contributed by atoms with E-state index < -0.39 is 0 Å². The zero-order valence-corrected chi connectivity index (χ0v) is 3.93. The maximum atomic E-state index is 2.14. The molecule has 0 N–H and O–H groups in total. The average molecular weight is 71.8 g/mol. The van der Waals surface area contributed by atoms with Gasteiger partial charge in [-0.3, -0.25) is 0 Å². The second-order valence-corrected chi connectivity index (χ2v) is 1.73. The third-order valence-electron chi connectivity index (χ3n) is 0.289. The van der Waals surface area contributed by atoms with E-state index in [9.17, 15) is 0 Å². The molecule has 0 radical (unpaired) electrons. The van der Waals surface area contributed by atoms with E-state index in [4.69, 9.17) is 0 Å². The highest BCUT2D eigenvalue weighted by molar-refractivity contribution is 8.25. The molecule has 22 valence electrons. The summed E-state index contributed by atoms with van der Waals surface area (Å²) in [5.74, 6) is 0. The normalized spacial score (nSPS) is 6.25. The van der Waals surface area contributed by atoms with Crippen LogP contribution in [0.2, 0.25) is 0 Å². The van der Waals surface area contributed by atoms with Crippen LogP contribution in [0.15, 0.2) is 0 Å². The van der Waals surface area contributed by atoms with E-state index in [2.05, 4.69) is 14.0 Å². The molecule has 0 amide bonds. The Balaban J connectivity index is 1.97. The van der Waals surface area contributed by atoms with Crippen LogP contribution in [0, 0.1) is 0 Å². The molecule has 0 aliphatic rings. The third kappa shape index (κ3) is 2.48. The second-order valence-electron chi connectivity index (χ2n) is 0.577. The van der Waals surface area contributed by atoms with Crippen LogP contribution in [-0.2, 0) is 0 Å². The van der Waals surface area contributed by atoms with Crippen molar-refractivity contribution < 1.29 is 0 Å². The second kappa shape index (κ2) is 3.48. The first-order valence-corrected chi connectivity index (χ1v) is 2.80. The van der Waals surface area contributed by atoms with Gasteiger partial charge in [-0.15, -0.1) is 0 Å². The van der Waals surface area contributed by atoms with Gasteiger partial charge < -0.3 is 0 Å². The van der Waals surface area contributed by atoms with Crippen molar-refractivity contribution in [3.8, 4) is 0 Å². The first kappa shape index (κ1) is 4.48. The van der Waals surface area contributed by atoms with Crippen molar-refractivity contribution in [3.05, 3.63) is 0 Å². The maximum Gasteiger partial charge on any atom is 0.151 e. The van der Waals surface area contributed by atoms with Crippen LogP contribution in [0.4, 0.5) is 0 Å². The van der Waals surface area contributed by atoms with E-state index in [1.54, 1.807) is 0 Å². The van der Waals surface area contributed by atoms with Crippen LogP contribution in [0.3, 0.4) is 0 Å². The summed E-state index contributed by atoms with van der Waals surface area (Å²) >= 11 is 1.86. The molecule has 0 aliphatic heterocycles. The molecule has 0 saturated carbocycles. The summed E-state index contributed by atoms with van der Waals surface area (Å²) in [6.45, 7) is 0. The quantitative estimate of drug-likeness (QED) is 0.367. The van der Waals surface area contributed by atoms with Crippen molar-refractivity contribution in [3.63, 3.8) is 0 Å². The van der Waals surface area contributed by atoms with Gasteiger partial charge in [0, 0.05) is 0 Å². The van der Waals surface area contributed by atoms with E-state index in [-0.39, 0.29) is 0 Å². The predicted molar refractivity (Wildman–Crippen MR) is 29.2 cm³/mol. The van der Waals surface area contributed by atoms with E-state index in [1.807, 2.05) is 11.6 Å². The Morgan fingerprint density at radius 1 is 2.00 bits per heavy atom. The minimum absolute atomic E-state index is 1.24. The van der Waals surface area contributed by atoms with Crippen molar-refractivity contribution >= 4 is 25.8 Å². The zero-order valence-electron chi connectivity index (χ0n) is 3.12. The van der Waals surface area contributed by atoms with Crippen LogP contribution in [0.1, 0.15) is 0 Å². The van der Waals surface area contributed by atoms with Gasteiger partial charge in [0.2, 0.25) is 0 Å². The lowest BCUT2D eigenvalue weighted by Crippen LogP contribution is -1.72. The lowest BCUT2D eigenvalue weighted by molar-refractivity contribution is 2.54. The summed E-state index contributed by atoms with van der Waals surface area (Å²) in [7, 11) is 2.14. The zero-order chi connectivity index (χ0) is 3.41. The molecular formula is CH6B2S. The van der Waals surface area contributed by atoms with Gasteiger partial charge in [-0.1, -0.05) is 0 Å². The third-order valence-corrected chi connectivity index (χ3v) is 0.866. The molecule has 0 aromatic heterocycles. The van der Waals surface area contributed by atoms with E-state index in [0.29, 0.717) is 0 Å². The Morgan fingerprint density at radius 2 is 2.25 bits per heavy atom. The van der Waals surface area contributed by atoms with Crippen LogP contribution in [0.25, 0.3) is 0 Å². The fourth-order valence-corrected chi connectivity index (χ4v) is 0. The molecule has 0 aromatic rings. The fraction of sp³-hybridized carbons (Fsp3) is 1.00. The molecule has 0 saturated heterocycles. The van der Waals surface area contributed by atoms with E-state index in [1.165, 1.54) is 6.45 Å². The van der Waals surface area contributed by atoms with Crippen LogP contribution in [-0.4, -0.2) is 20.4 Å². The molecule has 0 heterocycles. The first-order chi connectivity index (χ1) is 1.91. The van der Waals surface area contributed by atoms with E-state index in [0.717, 1.165) is 0 Å². The van der Waals surface area contributed by atoms with Crippen molar-refractivity contribution in [2.24, 2.45) is 0 Å². The standard InChI is InChI=1S/CH6B2S/c1-4-3-2/h3H,2H2,1H3. The topological polar surface area (TPSA) is 0 Å². The maximum absolute atomic E-state index is 2.14. The van der Waals surface area contributed by atoms with Crippen LogP contribution >= 0.6 is 11.6 Å². The average Bonchev–Trinajstić information content (AvgIpc) is 1.37. The highest BCUT2D eigenvalue weighted by Gasteiger charge is 1.62. The molecule has 4 heavy (non-hydrogen) atoms. The highest BCUT2D eigenvalue weighted by Crippen LogP contribution is 1.76. The Kier molecular flexibility index (Phi) is 3.90. The van der Waals surface area contributed by atoms with Gasteiger partial charge in [0.25, 0.3) is 0 Å². The Hall–Kier alpha value is 0.480. The van der Waals surface area contributed by atoms with Gasteiger partial charge in [0.1, 0.15) is 0 Å². The van der Waals surface area contributed by atoms with Crippen molar-refractivity contribution in [1.82, 2.24) is 0 Å². The summed E-state index contributed by atoms with van der Waals surface area (Å²) in [6, 6.07) is 0. The van der Waals surface area contributed by atoms with E-state index >= 15 is 0 Å². The Bertz CT molecular complexity index is 8.00. The number of hydrogen-bond acceptors (Lipinski definition) is 1. The lowest BCUT2D eigenvalue weighted by Gasteiger charge is -1.66. The SMILES string of the molecule is BBSC. The number of rotatable bonds is 1. The molecule has 0 spiro atoms. The highest BCUT2D eigenvalue weighted by atomic mass is 32.2. The minimum Gasteiger partial charge on any atom is -0.228 e. The predicted octanol–water partition coefficient (Wildman–Crippen LogP) is -0.751. The van der Waals surface area contributed by atoms with Gasteiger partial charge in [-0.05, 0) is 6.26 Å². The summed E-state index contributed by atoms with van der Waals surface area (Å²) in [5.41, 5.74) is 0. The van der Waals surface area contributed by atoms with Gasteiger partial charge in [0.15, 0.2) is 6.45 Å². The number of hydrogen-bond donors (Lipinski definition) is 0. The minimum atomic E-state index is 1.24. The molecule has 3 heteroatoms. The van der Waals surface area contributed by atoms with Crippen molar-refractivity contribution in [2.45, 2.75) is 0 Å². The Morgan fingerprint density at radius 3 is 2.25 bits per heavy atom. The summed E-state index contributed by atoms with van der Waals surface area (Å²) in [5, 5.41) is 0. The Labute approximate surface area is 32.9 Å². The van der Waals surface area contributed by atoms with Crippen LogP contribution < -0.4 is 0 Å². The van der Waals surface area contributed by atoms with Crippen molar-refractivity contribution in [2.75, 3.05) is 6.26 Å².